The minimum atomic E-state index is -3.56. The minimum absolute atomic E-state index is 0.0828. The summed E-state index contributed by atoms with van der Waals surface area (Å²) in [6, 6.07) is 0. The third kappa shape index (κ3) is 3.57. The molecule has 1 aliphatic rings. The van der Waals surface area contributed by atoms with E-state index in [-0.39, 0.29) is 18.8 Å². The Morgan fingerprint density at radius 1 is 1.19 bits per heavy atom. The van der Waals surface area contributed by atoms with E-state index in [1.54, 1.807) is 20.8 Å². The molecule has 0 aromatic heterocycles. The van der Waals surface area contributed by atoms with Gasteiger partial charge in [0.15, 0.2) is 0 Å². The minimum Gasteiger partial charge on any atom is -0.294 e. The number of amides is 2. The molecule has 0 saturated carbocycles. The van der Waals surface area contributed by atoms with Crippen LogP contribution in [0.15, 0.2) is 0 Å². The lowest BCUT2D eigenvalue weighted by Crippen LogP contribution is -2.54. The average molecular weight is 248 g/mol. The highest BCUT2D eigenvalue weighted by Gasteiger charge is 2.34. The number of hydrogen-bond acceptors (Lipinski definition) is 4. The van der Waals surface area contributed by atoms with Crippen LogP contribution in [0.25, 0.3) is 0 Å². The van der Waals surface area contributed by atoms with E-state index < -0.39 is 27.3 Å². The molecule has 0 bridgehead atoms. The van der Waals surface area contributed by atoms with Crippen LogP contribution in [0, 0.1) is 5.41 Å². The molecule has 0 atom stereocenters. The largest absolute Gasteiger partial charge is 0.294 e. The second-order valence-electron chi connectivity index (χ2n) is 5.06. The van der Waals surface area contributed by atoms with E-state index in [4.69, 9.17) is 0 Å². The summed E-state index contributed by atoms with van der Waals surface area (Å²) in [7, 11) is -3.56. The molecule has 1 rings (SSSR count). The molecule has 2 amide bonds. The lowest BCUT2D eigenvalue weighted by molar-refractivity contribution is -0.134. The highest BCUT2D eigenvalue weighted by atomic mass is 32.2. The first-order chi connectivity index (χ1) is 7.10. The quantitative estimate of drug-likeness (QED) is 0.656. The number of rotatable bonds is 2. The highest BCUT2D eigenvalue weighted by molar-refractivity contribution is 7.89. The zero-order valence-electron chi connectivity index (χ0n) is 9.61. The standard InChI is InChI=1S/C9H16N2O4S/c1-9(2,3)6-16(14,15)11-4-7(12)10-8(13)5-11/h4-6H2,1-3H3,(H,10,12,13). The predicted octanol–water partition coefficient (Wildman–Crippen LogP) is -0.679. The predicted molar refractivity (Wildman–Crippen MR) is 58.0 cm³/mol. The number of imide groups is 1. The molecule has 0 aliphatic carbocycles. The van der Waals surface area contributed by atoms with E-state index in [1.165, 1.54) is 0 Å². The third-order valence-corrected chi connectivity index (χ3v) is 4.20. The molecule has 1 fully saturated rings. The smallest absolute Gasteiger partial charge is 0.241 e. The number of hydrogen-bond donors (Lipinski definition) is 1. The Kier molecular flexibility index (Phi) is 3.39. The van der Waals surface area contributed by atoms with Crippen LogP contribution in [-0.4, -0.2) is 43.4 Å². The van der Waals surface area contributed by atoms with Gasteiger partial charge in [-0.1, -0.05) is 20.8 Å². The fourth-order valence-corrected chi connectivity index (χ4v) is 3.35. The Morgan fingerprint density at radius 3 is 2.00 bits per heavy atom. The van der Waals surface area contributed by atoms with Crippen LogP contribution in [0.3, 0.4) is 0 Å². The molecule has 0 unspecified atom stereocenters. The summed E-state index contributed by atoms with van der Waals surface area (Å²) >= 11 is 0. The van der Waals surface area contributed by atoms with E-state index in [0.717, 1.165) is 4.31 Å². The Hall–Kier alpha value is -0.950. The van der Waals surface area contributed by atoms with Crippen molar-refractivity contribution >= 4 is 21.8 Å². The van der Waals surface area contributed by atoms with E-state index >= 15 is 0 Å². The van der Waals surface area contributed by atoms with Gasteiger partial charge < -0.3 is 0 Å². The molecule has 0 spiro atoms. The molecule has 6 nitrogen and oxygen atoms in total. The SMILES string of the molecule is CC(C)(C)CS(=O)(=O)N1CC(=O)NC(=O)C1. The first kappa shape index (κ1) is 13.1. The van der Waals surface area contributed by atoms with Gasteiger partial charge in [0.05, 0.1) is 18.8 Å². The molecule has 1 aliphatic heterocycles. The van der Waals surface area contributed by atoms with Crippen molar-refractivity contribution in [3.63, 3.8) is 0 Å². The van der Waals surface area contributed by atoms with Crippen molar-refractivity contribution in [2.75, 3.05) is 18.8 Å². The molecule has 1 N–H and O–H groups in total. The van der Waals surface area contributed by atoms with Gasteiger partial charge >= 0.3 is 0 Å². The van der Waals surface area contributed by atoms with Gasteiger partial charge in [0.1, 0.15) is 0 Å². The normalized spacial score (nSPS) is 19.7. The molecule has 1 heterocycles. The van der Waals surface area contributed by atoms with Crippen LogP contribution in [0.5, 0.6) is 0 Å². The molecular weight excluding hydrogens is 232 g/mol. The zero-order valence-corrected chi connectivity index (χ0v) is 10.4. The molecule has 16 heavy (non-hydrogen) atoms. The summed E-state index contributed by atoms with van der Waals surface area (Å²) in [6.45, 7) is 4.82. The maximum absolute atomic E-state index is 11.9. The van der Waals surface area contributed by atoms with Crippen molar-refractivity contribution in [2.45, 2.75) is 20.8 Å². The van der Waals surface area contributed by atoms with E-state index in [1.807, 2.05) is 0 Å². The average Bonchev–Trinajstić information content (AvgIpc) is 1.96. The van der Waals surface area contributed by atoms with Crippen molar-refractivity contribution in [3.05, 3.63) is 0 Å². The van der Waals surface area contributed by atoms with Gasteiger partial charge in [-0.25, -0.2) is 8.42 Å². The second kappa shape index (κ2) is 4.14. The number of carbonyl (C=O) groups excluding carboxylic acids is 2. The summed E-state index contributed by atoms with van der Waals surface area (Å²) in [6.07, 6.45) is 0. The van der Waals surface area contributed by atoms with Crippen molar-refractivity contribution in [3.8, 4) is 0 Å². The topological polar surface area (TPSA) is 83.6 Å². The van der Waals surface area contributed by atoms with Crippen LogP contribution in [0.4, 0.5) is 0 Å². The summed E-state index contributed by atoms with van der Waals surface area (Å²) in [5.41, 5.74) is -0.407. The number of nitrogens with zero attached hydrogens (tertiary/aromatic N) is 1. The van der Waals surface area contributed by atoms with Gasteiger partial charge in [0, 0.05) is 0 Å². The van der Waals surface area contributed by atoms with Crippen LogP contribution < -0.4 is 5.32 Å². The van der Waals surface area contributed by atoms with Crippen molar-refractivity contribution in [1.29, 1.82) is 0 Å². The first-order valence-electron chi connectivity index (χ1n) is 4.91. The van der Waals surface area contributed by atoms with Gasteiger partial charge in [0.2, 0.25) is 21.8 Å². The van der Waals surface area contributed by atoms with Gasteiger partial charge in [-0.05, 0) is 5.41 Å². The molecule has 1 saturated heterocycles. The molecular formula is C9H16N2O4S. The lowest BCUT2D eigenvalue weighted by Gasteiger charge is -2.28. The number of sulfonamides is 1. The van der Waals surface area contributed by atoms with Gasteiger partial charge in [-0.2, -0.15) is 4.31 Å². The summed E-state index contributed by atoms with van der Waals surface area (Å²) in [5, 5.41) is 2.06. The number of piperazine rings is 1. The number of carbonyl (C=O) groups is 2. The Bertz CT molecular complexity index is 392. The fourth-order valence-electron chi connectivity index (χ4n) is 1.45. The first-order valence-corrected chi connectivity index (χ1v) is 6.52. The van der Waals surface area contributed by atoms with Crippen LogP contribution in [0.2, 0.25) is 0 Å². The van der Waals surface area contributed by atoms with E-state index in [0.29, 0.717) is 0 Å². The molecule has 0 radical (unpaired) electrons. The summed E-state index contributed by atoms with van der Waals surface area (Å²) in [4.78, 5) is 22.1. The van der Waals surface area contributed by atoms with E-state index in [9.17, 15) is 18.0 Å². The summed E-state index contributed by atoms with van der Waals surface area (Å²) < 4.78 is 24.7. The fraction of sp³-hybridized carbons (Fsp3) is 0.778. The van der Waals surface area contributed by atoms with Gasteiger partial charge in [-0.15, -0.1) is 0 Å². The number of nitrogens with one attached hydrogen (secondary N) is 1. The Morgan fingerprint density at radius 2 is 1.62 bits per heavy atom. The van der Waals surface area contributed by atoms with Crippen LogP contribution in [-0.2, 0) is 19.6 Å². The molecule has 7 heteroatoms. The molecule has 0 aromatic rings. The maximum Gasteiger partial charge on any atom is 0.241 e. The Labute approximate surface area is 95.0 Å². The van der Waals surface area contributed by atoms with Crippen molar-refractivity contribution < 1.29 is 18.0 Å². The van der Waals surface area contributed by atoms with Crippen molar-refractivity contribution in [1.82, 2.24) is 9.62 Å². The van der Waals surface area contributed by atoms with Gasteiger partial charge in [-0.3, -0.25) is 14.9 Å². The van der Waals surface area contributed by atoms with Gasteiger partial charge in [0.25, 0.3) is 0 Å². The van der Waals surface area contributed by atoms with Crippen molar-refractivity contribution in [2.24, 2.45) is 5.41 Å². The van der Waals surface area contributed by atoms with Crippen LogP contribution in [0.1, 0.15) is 20.8 Å². The lowest BCUT2D eigenvalue weighted by atomic mass is 10.0. The van der Waals surface area contributed by atoms with Crippen LogP contribution >= 0.6 is 0 Å². The van der Waals surface area contributed by atoms with E-state index in [2.05, 4.69) is 5.32 Å². The second-order valence-corrected chi connectivity index (χ2v) is 7.03. The highest BCUT2D eigenvalue weighted by Crippen LogP contribution is 2.19. The monoisotopic (exact) mass is 248 g/mol. The Balaban J connectivity index is 2.84. The molecule has 0 aromatic carbocycles. The molecule has 92 valence electrons. The maximum atomic E-state index is 11.9. The third-order valence-electron chi connectivity index (χ3n) is 1.93. The summed E-state index contributed by atoms with van der Waals surface area (Å²) in [5.74, 6) is -1.23. The zero-order chi connectivity index (χ0) is 12.6.